The van der Waals surface area contributed by atoms with Gasteiger partial charge in [0, 0.05) is 25.3 Å². The van der Waals surface area contributed by atoms with E-state index >= 15 is 0 Å². The quantitative estimate of drug-likeness (QED) is 0.490. The Morgan fingerprint density at radius 1 is 1.33 bits per heavy atom. The molecule has 1 fully saturated rings. The Morgan fingerprint density at radius 3 is 2.62 bits per heavy atom. The number of aliphatic imine (C=N–C) groups is 1. The Labute approximate surface area is 126 Å². The van der Waals surface area contributed by atoms with E-state index < -0.39 is 0 Å². The minimum absolute atomic E-state index is 0.454. The zero-order valence-electron chi connectivity index (χ0n) is 12.6. The number of nitrogens with two attached hydrogens (primary N) is 1. The lowest BCUT2D eigenvalue weighted by Gasteiger charge is -2.28. The van der Waals surface area contributed by atoms with Gasteiger partial charge in [-0.05, 0) is 24.6 Å². The van der Waals surface area contributed by atoms with E-state index in [1.165, 1.54) is 5.69 Å². The van der Waals surface area contributed by atoms with Gasteiger partial charge in [0.15, 0.2) is 5.96 Å². The van der Waals surface area contributed by atoms with E-state index in [-0.39, 0.29) is 0 Å². The highest BCUT2D eigenvalue weighted by atomic mass is 16.5. The molecule has 0 saturated carbocycles. The molecular weight excluding hydrogens is 264 g/mol. The standard InChI is InChI=1S/C16H24N4O/c1-13(2)11-18-16(17)19-12-14-3-5-15(6-4-14)20-7-9-21-10-8-20/h3-6H,1,7-12H2,2H3,(H3,17,18,19). The molecule has 1 aromatic carbocycles. The Hall–Kier alpha value is -2.01. The van der Waals surface area contributed by atoms with Crippen LogP contribution in [0.4, 0.5) is 5.69 Å². The summed E-state index contributed by atoms with van der Waals surface area (Å²) < 4.78 is 5.36. The number of guanidine groups is 1. The highest BCUT2D eigenvalue weighted by Gasteiger charge is 2.10. The van der Waals surface area contributed by atoms with Crippen molar-refractivity contribution in [2.75, 3.05) is 37.7 Å². The van der Waals surface area contributed by atoms with E-state index in [0.717, 1.165) is 37.4 Å². The fourth-order valence-corrected chi connectivity index (χ4v) is 2.11. The number of morpholine rings is 1. The minimum atomic E-state index is 0.454. The topological polar surface area (TPSA) is 62.9 Å². The van der Waals surface area contributed by atoms with E-state index in [4.69, 9.17) is 10.5 Å². The van der Waals surface area contributed by atoms with Gasteiger partial charge >= 0.3 is 0 Å². The Kier molecular flexibility index (Phi) is 5.63. The van der Waals surface area contributed by atoms with Crippen LogP contribution in [0.1, 0.15) is 12.5 Å². The van der Waals surface area contributed by atoms with Crippen molar-refractivity contribution in [3.63, 3.8) is 0 Å². The molecule has 114 valence electrons. The lowest BCUT2D eigenvalue weighted by Crippen LogP contribution is -2.36. The summed E-state index contributed by atoms with van der Waals surface area (Å²) in [6.07, 6.45) is 0. The molecule has 1 aromatic rings. The van der Waals surface area contributed by atoms with Crippen molar-refractivity contribution in [1.82, 2.24) is 5.32 Å². The van der Waals surface area contributed by atoms with Crippen LogP contribution in [0.15, 0.2) is 41.4 Å². The largest absolute Gasteiger partial charge is 0.378 e. The SMILES string of the molecule is C=C(C)CNC(N)=NCc1ccc(N2CCOCC2)cc1. The number of rotatable bonds is 5. The molecule has 3 N–H and O–H groups in total. The summed E-state index contributed by atoms with van der Waals surface area (Å²) in [5.74, 6) is 0.454. The maximum atomic E-state index is 5.79. The molecule has 0 atom stereocenters. The average molecular weight is 288 g/mol. The summed E-state index contributed by atoms with van der Waals surface area (Å²) in [6.45, 7) is 10.5. The zero-order chi connectivity index (χ0) is 15.1. The van der Waals surface area contributed by atoms with Gasteiger partial charge in [0.05, 0.1) is 19.8 Å². The first-order chi connectivity index (χ1) is 10.1. The molecule has 0 unspecified atom stereocenters. The number of nitrogens with one attached hydrogen (secondary N) is 1. The van der Waals surface area contributed by atoms with E-state index in [0.29, 0.717) is 19.0 Å². The first kappa shape index (κ1) is 15.4. The predicted octanol–water partition coefficient (Wildman–Crippen LogP) is 1.50. The summed E-state index contributed by atoms with van der Waals surface area (Å²) in [5, 5.41) is 3.02. The molecule has 0 aromatic heterocycles. The van der Waals surface area contributed by atoms with Crippen molar-refractivity contribution < 1.29 is 4.74 Å². The lowest BCUT2D eigenvalue weighted by atomic mass is 10.2. The summed E-state index contributed by atoms with van der Waals surface area (Å²) in [6, 6.07) is 8.46. The smallest absolute Gasteiger partial charge is 0.189 e. The van der Waals surface area contributed by atoms with E-state index in [2.05, 4.69) is 46.1 Å². The molecule has 0 radical (unpaired) electrons. The van der Waals surface area contributed by atoms with E-state index in [1.54, 1.807) is 0 Å². The van der Waals surface area contributed by atoms with Crippen LogP contribution in [0.25, 0.3) is 0 Å². The van der Waals surface area contributed by atoms with Crippen molar-refractivity contribution in [2.45, 2.75) is 13.5 Å². The van der Waals surface area contributed by atoms with Gasteiger partial charge in [0.1, 0.15) is 0 Å². The van der Waals surface area contributed by atoms with Crippen molar-refractivity contribution in [2.24, 2.45) is 10.7 Å². The van der Waals surface area contributed by atoms with Gasteiger partial charge in [0.25, 0.3) is 0 Å². The molecule has 2 rings (SSSR count). The Bertz CT molecular complexity index is 490. The normalized spacial score (nSPS) is 15.9. The first-order valence-electron chi connectivity index (χ1n) is 7.25. The third-order valence-corrected chi connectivity index (χ3v) is 3.32. The van der Waals surface area contributed by atoms with Crippen molar-refractivity contribution >= 4 is 11.6 Å². The van der Waals surface area contributed by atoms with Gasteiger partial charge in [0.2, 0.25) is 0 Å². The highest BCUT2D eigenvalue weighted by molar-refractivity contribution is 5.78. The zero-order valence-corrected chi connectivity index (χ0v) is 12.6. The van der Waals surface area contributed by atoms with Gasteiger partial charge in [-0.25, -0.2) is 4.99 Å². The van der Waals surface area contributed by atoms with Gasteiger partial charge in [-0.3, -0.25) is 0 Å². The van der Waals surface area contributed by atoms with Crippen LogP contribution in [0.5, 0.6) is 0 Å². The number of benzene rings is 1. The predicted molar refractivity (Wildman–Crippen MR) is 87.6 cm³/mol. The molecular formula is C16H24N4O. The second kappa shape index (κ2) is 7.69. The van der Waals surface area contributed by atoms with Crippen LogP contribution in [-0.4, -0.2) is 38.8 Å². The van der Waals surface area contributed by atoms with Crippen LogP contribution >= 0.6 is 0 Å². The van der Waals surface area contributed by atoms with Crippen molar-refractivity contribution in [3.05, 3.63) is 42.0 Å². The molecule has 1 saturated heterocycles. The third kappa shape index (κ3) is 5.11. The Morgan fingerprint density at radius 2 is 2.00 bits per heavy atom. The first-order valence-corrected chi connectivity index (χ1v) is 7.25. The summed E-state index contributed by atoms with van der Waals surface area (Å²) in [7, 11) is 0. The third-order valence-electron chi connectivity index (χ3n) is 3.32. The summed E-state index contributed by atoms with van der Waals surface area (Å²) >= 11 is 0. The molecule has 21 heavy (non-hydrogen) atoms. The Balaban J connectivity index is 1.87. The molecule has 1 aliphatic rings. The van der Waals surface area contributed by atoms with Crippen molar-refractivity contribution in [1.29, 1.82) is 0 Å². The van der Waals surface area contributed by atoms with Crippen LogP contribution < -0.4 is 16.0 Å². The summed E-state index contributed by atoms with van der Waals surface area (Å²) in [5.41, 5.74) is 9.20. The van der Waals surface area contributed by atoms with Crippen molar-refractivity contribution in [3.8, 4) is 0 Å². The second-order valence-corrected chi connectivity index (χ2v) is 5.28. The average Bonchev–Trinajstić information content (AvgIpc) is 2.52. The number of nitrogens with zero attached hydrogens (tertiary/aromatic N) is 2. The van der Waals surface area contributed by atoms with Crippen LogP contribution in [-0.2, 0) is 11.3 Å². The molecule has 5 heteroatoms. The second-order valence-electron chi connectivity index (χ2n) is 5.28. The van der Waals surface area contributed by atoms with Crippen LogP contribution in [0, 0.1) is 0 Å². The number of hydrogen-bond donors (Lipinski definition) is 2. The lowest BCUT2D eigenvalue weighted by molar-refractivity contribution is 0.122. The maximum absolute atomic E-state index is 5.79. The fourth-order valence-electron chi connectivity index (χ4n) is 2.11. The summed E-state index contributed by atoms with van der Waals surface area (Å²) in [4.78, 5) is 6.65. The number of anilines is 1. The van der Waals surface area contributed by atoms with Gasteiger partial charge in [-0.1, -0.05) is 24.3 Å². The maximum Gasteiger partial charge on any atom is 0.189 e. The fraction of sp³-hybridized carbons (Fsp3) is 0.438. The number of hydrogen-bond acceptors (Lipinski definition) is 3. The molecule has 0 aliphatic carbocycles. The molecule has 0 amide bonds. The van der Waals surface area contributed by atoms with Gasteiger partial charge in [-0.15, -0.1) is 0 Å². The molecule has 5 nitrogen and oxygen atoms in total. The number of ether oxygens (including phenoxy) is 1. The monoisotopic (exact) mass is 288 g/mol. The van der Waals surface area contributed by atoms with Gasteiger partial charge < -0.3 is 20.7 Å². The van der Waals surface area contributed by atoms with E-state index in [9.17, 15) is 0 Å². The molecule has 0 bridgehead atoms. The molecule has 0 spiro atoms. The van der Waals surface area contributed by atoms with Gasteiger partial charge in [-0.2, -0.15) is 0 Å². The minimum Gasteiger partial charge on any atom is -0.378 e. The van der Waals surface area contributed by atoms with Crippen LogP contribution in [0.2, 0.25) is 0 Å². The molecule has 1 heterocycles. The van der Waals surface area contributed by atoms with Crippen LogP contribution in [0.3, 0.4) is 0 Å². The molecule has 1 aliphatic heterocycles. The van der Waals surface area contributed by atoms with E-state index in [1.807, 2.05) is 6.92 Å². The highest BCUT2D eigenvalue weighted by Crippen LogP contribution is 2.16.